The molecule has 1 aliphatic rings. The Morgan fingerprint density at radius 1 is 1.21 bits per heavy atom. The average Bonchev–Trinajstić information content (AvgIpc) is 3.34. The van der Waals surface area contributed by atoms with E-state index in [1.54, 1.807) is 29.3 Å². The molecule has 7 nitrogen and oxygen atoms in total. The smallest absolute Gasteiger partial charge is 0.256 e. The topological polar surface area (TPSA) is 88.2 Å². The minimum absolute atomic E-state index is 0.0634. The normalized spacial score (nSPS) is 15.3. The van der Waals surface area contributed by atoms with E-state index in [2.05, 4.69) is 31.7 Å². The number of nitrogen functional groups attached to an aromatic ring is 1. The minimum atomic E-state index is -0.575. The number of nitrogens with zero attached hydrogens (tertiary/aromatic N) is 5. The Bertz CT molecular complexity index is 1260. The number of pyridine rings is 1. The third-order valence-corrected chi connectivity index (χ3v) is 6.03. The van der Waals surface area contributed by atoms with Crippen LogP contribution in [0.25, 0.3) is 11.3 Å². The summed E-state index contributed by atoms with van der Waals surface area (Å²) in [7, 11) is 3.98. The lowest BCUT2D eigenvalue weighted by atomic mass is 10.0. The summed E-state index contributed by atoms with van der Waals surface area (Å²) < 4.78 is 15.1. The van der Waals surface area contributed by atoms with Crippen molar-refractivity contribution in [2.75, 3.05) is 32.9 Å². The molecule has 1 amide bonds. The molecule has 3 heterocycles. The molecule has 1 aromatic carbocycles. The van der Waals surface area contributed by atoms with Gasteiger partial charge in [0.05, 0.1) is 22.5 Å². The van der Waals surface area contributed by atoms with E-state index in [0.717, 1.165) is 12.1 Å². The molecule has 1 fully saturated rings. The lowest BCUT2D eigenvalue weighted by Crippen LogP contribution is -2.34. The third-order valence-electron chi connectivity index (χ3n) is 6.03. The molecule has 2 aromatic heterocycles. The van der Waals surface area contributed by atoms with Crippen molar-refractivity contribution in [3.05, 3.63) is 71.1 Å². The van der Waals surface area contributed by atoms with Crippen molar-refractivity contribution in [1.29, 1.82) is 0 Å². The van der Waals surface area contributed by atoms with E-state index >= 15 is 4.39 Å². The van der Waals surface area contributed by atoms with Gasteiger partial charge in [0.15, 0.2) is 0 Å². The van der Waals surface area contributed by atoms with Gasteiger partial charge in [-0.3, -0.25) is 4.79 Å². The fourth-order valence-corrected chi connectivity index (χ4v) is 4.01. The molecule has 0 aliphatic carbocycles. The summed E-state index contributed by atoms with van der Waals surface area (Å²) in [6, 6.07) is 8.35. The summed E-state index contributed by atoms with van der Waals surface area (Å²) in [5.74, 6) is 5.74. The Kier molecular flexibility index (Phi) is 6.85. The fraction of sp³-hybridized carbons (Fsp3) is 0.308. The largest absolute Gasteiger partial charge is 0.384 e. The van der Waals surface area contributed by atoms with Gasteiger partial charge in [-0.15, -0.1) is 0 Å². The highest BCUT2D eigenvalue weighted by Gasteiger charge is 2.29. The molecule has 1 aliphatic heterocycles. The van der Waals surface area contributed by atoms with E-state index in [-0.39, 0.29) is 17.5 Å². The maximum absolute atomic E-state index is 15.1. The van der Waals surface area contributed by atoms with E-state index in [9.17, 15) is 4.79 Å². The van der Waals surface area contributed by atoms with Crippen molar-refractivity contribution in [2.24, 2.45) is 0 Å². The van der Waals surface area contributed by atoms with E-state index in [4.69, 9.17) is 5.73 Å². The number of carbonyl (C=O) groups excluding carboxylic acids is 1. The summed E-state index contributed by atoms with van der Waals surface area (Å²) in [5, 5.41) is 0. The second-order valence-corrected chi connectivity index (χ2v) is 8.47. The van der Waals surface area contributed by atoms with Gasteiger partial charge >= 0.3 is 0 Å². The zero-order valence-corrected chi connectivity index (χ0v) is 19.5. The lowest BCUT2D eigenvalue weighted by Gasteiger charge is -2.20. The van der Waals surface area contributed by atoms with Crippen LogP contribution in [-0.4, -0.2) is 63.9 Å². The average molecular weight is 459 g/mol. The van der Waals surface area contributed by atoms with Gasteiger partial charge in [0, 0.05) is 36.5 Å². The van der Waals surface area contributed by atoms with Crippen LogP contribution in [0, 0.1) is 17.7 Å². The van der Waals surface area contributed by atoms with Crippen molar-refractivity contribution in [1.82, 2.24) is 24.8 Å². The van der Waals surface area contributed by atoms with Crippen molar-refractivity contribution in [3.8, 4) is 23.1 Å². The Hall–Kier alpha value is -3.83. The minimum Gasteiger partial charge on any atom is -0.384 e. The van der Waals surface area contributed by atoms with Crippen LogP contribution < -0.4 is 5.73 Å². The van der Waals surface area contributed by atoms with Crippen LogP contribution in [0.1, 0.15) is 40.5 Å². The number of anilines is 1. The number of amides is 1. The van der Waals surface area contributed by atoms with Crippen molar-refractivity contribution in [3.63, 3.8) is 0 Å². The predicted octanol–water partition coefficient (Wildman–Crippen LogP) is 3.00. The number of aromatic nitrogens is 3. The summed E-state index contributed by atoms with van der Waals surface area (Å²) >= 11 is 0. The highest BCUT2D eigenvalue weighted by Crippen LogP contribution is 2.26. The van der Waals surface area contributed by atoms with Crippen LogP contribution in [0.4, 0.5) is 10.2 Å². The zero-order valence-electron chi connectivity index (χ0n) is 19.5. The van der Waals surface area contributed by atoms with Gasteiger partial charge in [0.1, 0.15) is 18.0 Å². The SMILES string of the molecule is CCc1ncnc(-c2ccc(C(=O)N3CC[C@@H](N(C)C)C3)c(F)c2)c1C#Cc1ccc(N)nc1. The molecule has 0 unspecified atom stereocenters. The molecule has 174 valence electrons. The third kappa shape index (κ3) is 4.90. The molecule has 0 bridgehead atoms. The standard InChI is InChI=1S/C26H27FN6O/c1-4-23-21(8-5-17-6-10-24(28)29-14-17)25(31-16-30-23)18-7-9-20(22(27)13-18)26(34)33-12-11-19(15-33)32(2)3/h6-7,9-10,13-14,16,19H,4,11-12,15H2,1-3H3,(H2,28,29)/t19-/m1/s1. The van der Waals surface area contributed by atoms with Crippen molar-refractivity contribution < 1.29 is 9.18 Å². The highest BCUT2D eigenvalue weighted by atomic mass is 19.1. The van der Waals surface area contributed by atoms with Crippen LogP contribution in [0.15, 0.2) is 42.9 Å². The second kappa shape index (κ2) is 9.98. The Labute approximate surface area is 198 Å². The molecule has 34 heavy (non-hydrogen) atoms. The number of halogens is 1. The zero-order chi connectivity index (χ0) is 24.2. The van der Waals surface area contributed by atoms with Crippen LogP contribution >= 0.6 is 0 Å². The molecule has 0 saturated carbocycles. The van der Waals surface area contributed by atoms with E-state index in [1.807, 2.05) is 21.0 Å². The maximum atomic E-state index is 15.1. The molecular formula is C26H27FN6O. The molecule has 1 atom stereocenters. The maximum Gasteiger partial charge on any atom is 0.256 e. The van der Waals surface area contributed by atoms with E-state index < -0.39 is 5.82 Å². The van der Waals surface area contributed by atoms with Gasteiger partial charge in [-0.25, -0.2) is 19.3 Å². The van der Waals surface area contributed by atoms with Crippen molar-refractivity contribution >= 4 is 11.7 Å². The highest BCUT2D eigenvalue weighted by molar-refractivity contribution is 5.95. The van der Waals surface area contributed by atoms with Crippen LogP contribution in [0.3, 0.4) is 0 Å². The van der Waals surface area contributed by atoms with E-state index in [0.29, 0.717) is 47.7 Å². The summed E-state index contributed by atoms with van der Waals surface area (Å²) in [6.07, 6.45) is 4.56. The first-order valence-corrected chi connectivity index (χ1v) is 11.2. The van der Waals surface area contributed by atoms with Gasteiger partial charge in [0.25, 0.3) is 5.91 Å². The molecule has 3 aromatic rings. The molecule has 4 rings (SSSR count). The van der Waals surface area contributed by atoms with Gasteiger partial charge in [0.2, 0.25) is 0 Å². The lowest BCUT2D eigenvalue weighted by molar-refractivity contribution is 0.0778. The number of nitrogens with two attached hydrogens (primary N) is 1. The number of likely N-dealkylation sites (tertiary alicyclic amines) is 1. The Balaban J connectivity index is 1.66. The Morgan fingerprint density at radius 2 is 2.03 bits per heavy atom. The monoisotopic (exact) mass is 458 g/mol. The molecule has 0 spiro atoms. The summed E-state index contributed by atoms with van der Waals surface area (Å²) in [4.78, 5) is 29.5. The first-order chi connectivity index (χ1) is 16.4. The summed E-state index contributed by atoms with van der Waals surface area (Å²) in [6.45, 7) is 3.19. The van der Waals surface area contributed by atoms with Crippen molar-refractivity contribution in [2.45, 2.75) is 25.8 Å². The first-order valence-electron chi connectivity index (χ1n) is 11.2. The number of rotatable bonds is 4. The number of benzene rings is 1. The Morgan fingerprint density at radius 3 is 2.68 bits per heavy atom. The number of hydrogen-bond acceptors (Lipinski definition) is 6. The molecular weight excluding hydrogens is 431 g/mol. The van der Waals surface area contributed by atoms with Crippen LogP contribution in [-0.2, 0) is 6.42 Å². The van der Waals surface area contributed by atoms with Gasteiger partial charge < -0.3 is 15.5 Å². The fourth-order valence-electron chi connectivity index (χ4n) is 4.01. The molecule has 0 radical (unpaired) electrons. The summed E-state index contributed by atoms with van der Waals surface area (Å²) in [5.41, 5.74) is 8.84. The van der Waals surface area contributed by atoms with Crippen LogP contribution in [0.2, 0.25) is 0 Å². The molecule has 8 heteroatoms. The number of carbonyl (C=O) groups is 1. The second-order valence-electron chi connectivity index (χ2n) is 8.47. The first kappa shape index (κ1) is 23.3. The quantitative estimate of drug-likeness (QED) is 0.605. The van der Waals surface area contributed by atoms with Gasteiger partial charge in [-0.1, -0.05) is 24.8 Å². The number of likely N-dealkylation sites (N-methyl/N-ethyl adjacent to an activating group) is 1. The number of aryl methyl sites for hydroxylation is 1. The molecule has 1 saturated heterocycles. The molecule has 2 N–H and O–H groups in total. The predicted molar refractivity (Wildman–Crippen MR) is 129 cm³/mol. The van der Waals surface area contributed by atoms with E-state index in [1.165, 1.54) is 18.5 Å². The van der Waals surface area contributed by atoms with Gasteiger partial charge in [-0.2, -0.15) is 0 Å². The number of hydrogen-bond donors (Lipinski definition) is 1. The van der Waals surface area contributed by atoms with Crippen LogP contribution in [0.5, 0.6) is 0 Å². The van der Waals surface area contributed by atoms with Gasteiger partial charge in [-0.05, 0) is 51.2 Å².